The Labute approximate surface area is 117 Å². The number of nitrogens with zero attached hydrogens (tertiary/aromatic N) is 2. The first kappa shape index (κ1) is 12.3. The fourth-order valence-electron chi connectivity index (χ4n) is 1.14. The van der Waals surface area contributed by atoms with Crippen LogP contribution in [0.4, 0.5) is 5.82 Å². The number of rotatable bonds is 2. The average Bonchev–Trinajstić information content (AvgIpc) is 2.33. The summed E-state index contributed by atoms with van der Waals surface area (Å²) in [6.07, 6.45) is 3.10. The highest BCUT2D eigenvalue weighted by Gasteiger charge is 2.07. The van der Waals surface area contributed by atoms with Crippen molar-refractivity contribution in [1.29, 1.82) is 0 Å². The van der Waals surface area contributed by atoms with Gasteiger partial charge in [-0.2, -0.15) is 0 Å². The number of carbonyl (C=O) groups excluding carboxylic acids is 1. The SMILES string of the molecule is O=C(Nc1ccc(I)cn1)c1ccc(Cl)cn1. The zero-order valence-electron chi connectivity index (χ0n) is 8.52. The highest BCUT2D eigenvalue weighted by atomic mass is 127. The van der Waals surface area contributed by atoms with Crippen LogP contribution in [0.25, 0.3) is 0 Å². The Hall–Kier alpha value is -1.21. The topological polar surface area (TPSA) is 54.9 Å². The average molecular weight is 360 g/mol. The summed E-state index contributed by atoms with van der Waals surface area (Å²) >= 11 is 7.83. The van der Waals surface area contributed by atoms with Crippen LogP contribution < -0.4 is 5.32 Å². The van der Waals surface area contributed by atoms with Gasteiger partial charge >= 0.3 is 0 Å². The molecule has 0 spiro atoms. The molecule has 0 atom stereocenters. The van der Waals surface area contributed by atoms with Crippen LogP contribution in [0.2, 0.25) is 5.02 Å². The molecular formula is C11H7ClIN3O. The molecule has 2 heterocycles. The first-order chi connectivity index (χ1) is 8.15. The van der Waals surface area contributed by atoms with Gasteiger partial charge in [-0.15, -0.1) is 0 Å². The number of nitrogens with one attached hydrogen (secondary N) is 1. The number of pyridine rings is 2. The molecule has 0 aliphatic heterocycles. The van der Waals surface area contributed by atoms with E-state index in [2.05, 4.69) is 37.9 Å². The Morgan fingerprint density at radius 2 is 2.00 bits per heavy atom. The lowest BCUT2D eigenvalue weighted by atomic mass is 10.3. The summed E-state index contributed by atoms with van der Waals surface area (Å²) in [6, 6.07) is 6.77. The third-order valence-corrected chi connectivity index (χ3v) is 2.79. The summed E-state index contributed by atoms with van der Waals surface area (Å²) < 4.78 is 1.00. The maximum absolute atomic E-state index is 11.8. The molecule has 0 unspecified atom stereocenters. The van der Waals surface area contributed by atoms with Crippen LogP contribution in [0.3, 0.4) is 0 Å². The van der Waals surface area contributed by atoms with Gasteiger partial charge in [-0.3, -0.25) is 4.79 Å². The lowest BCUT2D eigenvalue weighted by molar-refractivity contribution is 0.102. The smallest absolute Gasteiger partial charge is 0.275 e. The number of aromatic nitrogens is 2. The Kier molecular flexibility index (Phi) is 3.90. The van der Waals surface area contributed by atoms with E-state index in [-0.39, 0.29) is 5.91 Å². The number of anilines is 1. The Morgan fingerprint density at radius 3 is 2.59 bits per heavy atom. The number of amides is 1. The molecule has 0 aromatic carbocycles. The summed E-state index contributed by atoms with van der Waals surface area (Å²) in [7, 11) is 0. The van der Waals surface area contributed by atoms with Crippen LogP contribution in [0, 0.1) is 3.57 Å². The minimum Gasteiger partial charge on any atom is -0.305 e. The minimum absolute atomic E-state index is 0.301. The predicted octanol–water partition coefficient (Wildman–Crippen LogP) is 2.99. The third kappa shape index (κ3) is 3.37. The molecule has 0 aliphatic rings. The van der Waals surface area contributed by atoms with Gasteiger partial charge in [-0.05, 0) is 46.9 Å². The summed E-state index contributed by atoms with van der Waals surface area (Å²) in [5.41, 5.74) is 0.301. The highest BCUT2D eigenvalue weighted by Crippen LogP contribution is 2.10. The maximum Gasteiger partial charge on any atom is 0.275 e. The lowest BCUT2D eigenvalue weighted by Gasteiger charge is -2.03. The van der Waals surface area contributed by atoms with Crippen molar-refractivity contribution >= 4 is 45.9 Å². The van der Waals surface area contributed by atoms with Crippen LogP contribution >= 0.6 is 34.2 Å². The third-order valence-electron chi connectivity index (χ3n) is 1.93. The molecule has 0 bridgehead atoms. The van der Waals surface area contributed by atoms with Crippen LogP contribution in [0.1, 0.15) is 10.5 Å². The Bertz CT molecular complexity index is 527. The van der Waals surface area contributed by atoms with Gasteiger partial charge < -0.3 is 5.32 Å². The fourth-order valence-corrected chi connectivity index (χ4v) is 1.57. The maximum atomic E-state index is 11.8. The number of carbonyl (C=O) groups is 1. The van der Waals surface area contributed by atoms with E-state index in [1.54, 1.807) is 24.4 Å². The van der Waals surface area contributed by atoms with Crippen molar-refractivity contribution < 1.29 is 4.79 Å². The molecule has 1 amide bonds. The van der Waals surface area contributed by atoms with Crippen LogP contribution in [-0.2, 0) is 0 Å². The van der Waals surface area contributed by atoms with Gasteiger partial charge in [0.2, 0.25) is 0 Å². The summed E-state index contributed by atoms with van der Waals surface area (Å²) in [4.78, 5) is 19.7. The van der Waals surface area contributed by atoms with Gasteiger partial charge in [0.25, 0.3) is 5.91 Å². The number of hydrogen-bond donors (Lipinski definition) is 1. The van der Waals surface area contributed by atoms with E-state index < -0.39 is 0 Å². The van der Waals surface area contributed by atoms with Crippen molar-refractivity contribution in [3.05, 3.63) is 50.9 Å². The van der Waals surface area contributed by atoms with Gasteiger partial charge in [0, 0.05) is 16.0 Å². The lowest BCUT2D eigenvalue weighted by Crippen LogP contribution is -2.14. The molecule has 0 fully saturated rings. The van der Waals surface area contributed by atoms with Crippen molar-refractivity contribution in [3.63, 3.8) is 0 Å². The summed E-state index contributed by atoms with van der Waals surface area (Å²) in [6.45, 7) is 0. The molecule has 0 saturated carbocycles. The molecular weight excluding hydrogens is 352 g/mol. The van der Waals surface area contributed by atoms with Crippen LogP contribution in [0.15, 0.2) is 36.7 Å². The Morgan fingerprint density at radius 1 is 1.18 bits per heavy atom. The monoisotopic (exact) mass is 359 g/mol. The van der Waals surface area contributed by atoms with Crippen molar-refractivity contribution in [2.45, 2.75) is 0 Å². The summed E-state index contributed by atoms with van der Waals surface area (Å²) in [5.74, 6) is 0.183. The van der Waals surface area contributed by atoms with Gasteiger partial charge in [-0.1, -0.05) is 11.6 Å². The first-order valence-corrected chi connectivity index (χ1v) is 6.15. The van der Waals surface area contributed by atoms with E-state index in [4.69, 9.17) is 11.6 Å². The van der Waals surface area contributed by atoms with E-state index in [1.165, 1.54) is 6.20 Å². The van der Waals surface area contributed by atoms with Gasteiger partial charge in [0.05, 0.1) is 5.02 Å². The van der Waals surface area contributed by atoms with Crippen LogP contribution in [-0.4, -0.2) is 15.9 Å². The predicted molar refractivity (Wildman–Crippen MR) is 74.2 cm³/mol. The number of halogens is 2. The van der Waals surface area contributed by atoms with E-state index in [1.807, 2.05) is 6.07 Å². The molecule has 17 heavy (non-hydrogen) atoms. The highest BCUT2D eigenvalue weighted by molar-refractivity contribution is 14.1. The molecule has 2 rings (SSSR count). The number of hydrogen-bond acceptors (Lipinski definition) is 3. The quantitative estimate of drug-likeness (QED) is 0.839. The molecule has 0 radical (unpaired) electrons. The molecule has 2 aromatic rings. The second-order valence-corrected chi connectivity index (χ2v) is 4.86. The minimum atomic E-state index is -0.310. The van der Waals surface area contributed by atoms with Crippen LogP contribution in [0.5, 0.6) is 0 Å². The summed E-state index contributed by atoms with van der Waals surface area (Å²) in [5, 5.41) is 3.14. The van der Waals surface area contributed by atoms with Crippen molar-refractivity contribution in [2.24, 2.45) is 0 Å². The van der Waals surface area contributed by atoms with E-state index in [9.17, 15) is 4.79 Å². The zero-order chi connectivity index (χ0) is 12.3. The molecule has 2 aromatic heterocycles. The standard InChI is InChI=1S/C11H7ClIN3O/c12-7-1-3-9(14-5-7)11(17)16-10-4-2-8(13)6-15-10/h1-6H,(H,15,16,17). The largest absolute Gasteiger partial charge is 0.305 e. The van der Waals surface area contributed by atoms with Gasteiger partial charge in [-0.25, -0.2) is 9.97 Å². The molecule has 0 aliphatic carbocycles. The van der Waals surface area contributed by atoms with E-state index in [0.717, 1.165) is 3.57 Å². The molecule has 6 heteroatoms. The van der Waals surface area contributed by atoms with E-state index >= 15 is 0 Å². The Balaban J connectivity index is 2.11. The van der Waals surface area contributed by atoms with Crippen molar-refractivity contribution in [3.8, 4) is 0 Å². The second-order valence-electron chi connectivity index (χ2n) is 3.18. The fraction of sp³-hybridized carbons (Fsp3) is 0. The van der Waals surface area contributed by atoms with Gasteiger partial charge in [0.15, 0.2) is 0 Å². The van der Waals surface area contributed by atoms with Crippen molar-refractivity contribution in [2.75, 3.05) is 5.32 Å². The van der Waals surface area contributed by atoms with E-state index in [0.29, 0.717) is 16.5 Å². The normalized spacial score (nSPS) is 10.0. The van der Waals surface area contributed by atoms with Crippen molar-refractivity contribution in [1.82, 2.24) is 9.97 Å². The molecule has 0 saturated heterocycles. The molecule has 1 N–H and O–H groups in total. The second kappa shape index (κ2) is 5.42. The first-order valence-electron chi connectivity index (χ1n) is 4.69. The molecule has 86 valence electrons. The zero-order valence-corrected chi connectivity index (χ0v) is 11.4. The molecule has 4 nitrogen and oxygen atoms in total. The van der Waals surface area contributed by atoms with Gasteiger partial charge in [0.1, 0.15) is 11.5 Å².